The maximum Gasteiger partial charge on any atom is 0.253 e. The van der Waals surface area contributed by atoms with E-state index in [1.54, 1.807) is 19.0 Å². The third-order valence-electron chi connectivity index (χ3n) is 5.29. The molecule has 2 rings (SSSR count). The Hall–Kier alpha value is -2.08. The van der Waals surface area contributed by atoms with Crippen molar-refractivity contribution in [3.63, 3.8) is 0 Å². The van der Waals surface area contributed by atoms with E-state index in [9.17, 15) is 4.79 Å². The second-order valence-corrected chi connectivity index (χ2v) is 8.69. The van der Waals surface area contributed by atoms with Gasteiger partial charge in [-0.15, -0.1) is 0 Å². The molecule has 0 aliphatic carbocycles. The largest absolute Gasteiger partial charge is 0.356 e. The van der Waals surface area contributed by atoms with E-state index in [1.807, 2.05) is 25.2 Å². The fourth-order valence-corrected chi connectivity index (χ4v) is 3.91. The third-order valence-corrected chi connectivity index (χ3v) is 5.29. The minimum absolute atomic E-state index is 0.0382. The summed E-state index contributed by atoms with van der Waals surface area (Å²) < 4.78 is 0. The summed E-state index contributed by atoms with van der Waals surface area (Å²) in [5.74, 6) is 2.29. The van der Waals surface area contributed by atoms with Crippen molar-refractivity contribution in [2.24, 2.45) is 16.8 Å². The molecule has 1 heterocycles. The van der Waals surface area contributed by atoms with Crippen LogP contribution in [0.4, 0.5) is 0 Å². The molecule has 0 saturated carbocycles. The SMILES string of the molecule is CN=C(NCCc1cccc(C(=O)N(C)C)c1)NCC1CCCN(CC(C)C)C1. The van der Waals surface area contributed by atoms with Crippen molar-refractivity contribution in [2.75, 3.05) is 53.9 Å². The van der Waals surface area contributed by atoms with E-state index < -0.39 is 0 Å². The topological polar surface area (TPSA) is 60.0 Å². The van der Waals surface area contributed by atoms with E-state index >= 15 is 0 Å². The molecular formula is C23H39N5O. The predicted molar refractivity (Wildman–Crippen MR) is 122 cm³/mol. The van der Waals surface area contributed by atoms with E-state index in [2.05, 4.69) is 40.4 Å². The first kappa shape index (κ1) is 23.2. The fourth-order valence-electron chi connectivity index (χ4n) is 3.91. The number of carbonyl (C=O) groups is 1. The molecule has 1 aliphatic heterocycles. The van der Waals surface area contributed by atoms with Crippen molar-refractivity contribution in [1.82, 2.24) is 20.4 Å². The predicted octanol–water partition coefficient (Wildman–Crippen LogP) is 2.46. The monoisotopic (exact) mass is 401 g/mol. The highest BCUT2D eigenvalue weighted by atomic mass is 16.2. The van der Waals surface area contributed by atoms with Crippen LogP contribution >= 0.6 is 0 Å². The molecule has 0 bridgehead atoms. The highest BCUT2D eigenvalue weighted by Crippen LogP contribution is 2.16. The van der Waals surface area contributed by atoms with Gasteiger partial charge in [0.05, 0.1) is 0 Å². The van der Waals surface area contributed by atoms with Crippen LogP contribution in [0.3, 0.4) is 0 Å². The number of likely N-dealkylation sites (tertiary alicyclic amines) is 1. The Bertz CT molecular complexity index is 671. The Morgan fingerprint density at radius 2 is 2.10 bits per heavy atom. The van der Waals surface area contributed by atoms with Crippen LogP contribution < -0.4 is 10.6 Å². The van der Waals surface area contributed by atoms with E-state index in [0.29, 0.717) is 5.92 Å². The van der Waals surface area contributed by atoms with Gasteiger partial charge in [-0.2, -0.15) is 0 Å². The van der Waals surface area contributed by atoms with Crippen molar-refractivity contribution in [3.05, 3.63) is 35.4 Å². The summed E-state index contributed by atoms with van der Waals surface area (Å²) in [5.41, 5.74) is 1.88. The normalized spacial score (nSPS) is 18.0. The van der Waals surface area contributed by atoms with Crippen LogP contribution in [-0.4, -0.2) is 75.5 Å². The summed E-state index contributed by atoms with van der Waals surface area (Å²) >= 11 is 0. The molecule has 6 nitrogen and oxygen atoms in total. The Balaban J connectivity index is 1.75. The Labute approximate surface area is 176 Å². The summed E-state index contributed by atoms with van der Waals surface area (Å²) in [6, 6.07) is 7.86. The zero-order chi connectivity index (χ0) is 21.2. The molecule has 1 amide bonds. The van der Waals surface area contributed by atoms with Gasteiger partial charge in [-0.1, -0.05) is 26.0 Å². The van der Waals surface area contributed by atoms with Crippen molar-refractivity contribution in [1.29, 1.82) is 0 Å². The molecule has 6 heteroatoms. The molecule has 1 atom stereocenters. The highest BCUT2D eigenvalue weighted by molar-refractivity contribution is 5.94. The molecule has 1 fully saturated rings. The first-order valence-corrected chi connectivity index (χ1v) is 10.9. The standard InChI is InChI=1S/C23H39N5O/c1-18(2)16-28-13-7-9-20(17-28)15-26-23(24-3)25-12-11-19-8-6-10-21(14-19)22(29)27(4)5/h6,8,10,14,18,20H,7,9,11-13,15-17H2,1-5H3,(H2,24,25,26). The van der Waals surface area contributed by atoms with Gasteiger partial charge in [0.1, 0.15) is 0 Å². The number of benzene rings is 1. The van der Waals surface area contributed by atoms with Crippen molar-refractivity contribution >= 4 is 11.9 Å². The van der Waals surface area contributed by atoms with Gasteiger partial charge in [0.15, 0.2) is 5.96 Å². The van der Waals surface area contributed by atoms with Crippen LogP contribution in [0, 0.1) is 11.8 Å². The van der Waals surface area contributed by atoms with Crippen LogP contribution in [0.5, 0.6) is 0 Å². The molecule has 1 aliphatic rings. The van der Waals surface area contributed by atoms with Crippen LogP contribution in [0.2, 0.25) is 0 Å². The Kier molecular flexibility index (Phi) is 9.45. The van der Waals surface area contributed by atoms with E-state index in [0.717, 1.165) is 42.5 Å². The van der Waals surface area contributed by atoms with Gasteiger partial charge in [-0.3, -0.25) is 9.79 Å². The lowest BCUT2D eigenvalue weighted by Gasteiger charge is -2.34. The van der Waals surface area contributed by atoms with Crippen molar-refractivity contribution in [3.8, 4) is 0 Å². The fraction of sp³-hybridized carbons (Fsp3) is 0.652. The number of amides is 1. The van der Waals surface area contributed by atoms with Gasteiger partial charge in [0.25, 0.3) is 5.91 Å². The van der Waals surface area contributed by atoms with E-state index in [4.69, 9.17) is 0 Å². The van der Waals surface area contributed by atoms with Crippen molar-refractivity contribution in [2.45, 2.75) is 33.1 Å². The van der Waals surface area contributed by atoms with Gasteiger partial charge < -0.3 is 20.4 Å². The summed E-state index contributed by atoms with van der Waals surface area (Å²) in [6.07, 6.45) is 3.42. The van der Waals surface area contributed by atoms with Gasteiger partial charge in [0, 0.05) is 52.9 Å². The maximum absolute atomic E-state index is 12.1. The number of guanidine groups is 1. The number of carbonyl (C=O) groups excluding carboxylic acids is 1. The number of nitrogens with one attached hydrogen (secondary N) is 2. The minimum atomic E-state index is 0.0382. The number of hydrogen-bond acceptors (Lipinski definition) is 3. The molecule has 29 heavy (non-hydrogen) atoms. The molecule has 0 spiro atoms. The second-order valence-electron chi connectivity index (χ2n) is 8.69. The zero-order valence-corrected chi connectivity index (χ0v) is 18.9. The summed E-state index contributed by atoms with van der Waals surface area (Å²) in [6.45, 7) is 9.93. The quantitative estimate of drug-likeness (QED) is 0.519. The van der Waals surface area contributed by atoms with Gasteiger partial charge in [-0.05, 0) is 55.3 Å². The Morgan fingerprint density at radius 1 is 1.31 bits per heavy atom. The summed E-state index contributed by atoms with van der Waals surface area (Å²) in [4.78, 5) is 20.7. The number of aliphatic imine (C=N–C) groups is 1. The molecule has 0 radical (unpaired) electrons. The first-order chi connectivity index (χ1) is 13.9. The summed E-state index contributed by atoms with van der Waals surface area (Å²) in [5, 5.41) is 6.90. The van der Waals surface area contributed by atoms with E-state index in [-0.39, 0.29) is 5.91 Å². The maximum atomic E-state index is 12.1. The molecule has 1 unspecified atom stereocenters. The van der Waals surface area contributed by atoms with Crippen LogP contribution in [0.25, 0.3) is 0 Å². The van der Waals surface area contributed by atoms with Gasteiger partial charge in [-0.25, -0.2) is 0 Å². The molecular weight excluding hydrogens is 362 g/mol. The number of rotatable bonds is 8. The first-order valence-electron chi connectivity index (χ1n) is 10.9. The molecule has 1 aromatic rings. The third kappa shape index (κ3) is 8.05. The number of piperidine rings is 1. The smallest absolute Gasteiger partial charge is 0.253 e. The number of nitrogens with zero attached hydrogens (tertiary/aromatic N) is 3. The molecule has 1 saturated heterocycles. The van der Waals surface area contributed by atoms with E-state index in [1.165, 1.54) is 32.5 Å². The van der Waals surface area contributed by atoms with Crippen LogP contribution in [0.15, 0.2) is 29.3 Å². The lowest BCUT2D eigenvalue weighted by atomic mass is 9.97. The zero-order valence-electron chi connectivity index (χ0n) is 18.9. The average molecular weight is 402 g/mol. The minimum Gasteiger partial charge on any atom is -0.356 e. The van der Waals surface area contributed by atoms with Crippen LogP contribution in [0.1, 0.15) is 42.6 Å². The summed E-state index contributed by atoms with van der Waals surface area (Å²) in [7, 11) is 5.37. The van der Waals surface area contributed by atoms with Crippen molar-refractivity contribution < 1.29 is 4.79 Å². The number of hydrogen-bond donors (Lipinski definition) is 2. The van der Waals surface area contributed by atoms with Gasteiger partial charge >= 0.3 is 0 Å². The molecule has 1 aromatic carbocycles. The lowest BCUT2D eigenvalue weighted by Crippen LogP contribution is -2.45. The second kappa shape index (κ2) is 11.8. The molecule has 162 valence electrons. The lowest BCUT2D eigenvalue weighted by molar-refractivity contribution is 0.0827. The average Bonchev–Trinajstić information content (AvgIpc) is 2.70. The molecule has 0 aromatic heterocycles. The van der Waals surface area contributed by atoms with Crippen LogP contribution in [-0.2, 0) is 6.42 Å². The molecule has 2 N–H and O–H groups in total. The van der Waals surface area contributed by atoms with Gasteiger partial charge in [0.2, 0.25) is 0 Å². The Morgan fingerprint density at radius 3 is 2.79 bits per heavy atom. The highest BCUT2D eigenvalue weighted by Gasteiger charge is 2.20.